The van der Waals surface area contributed by atoms with Crippen LogP contribution in [0.1, 0.15) is 17.1 Å². The van der Waals surface area contributed by atoms with Gasteiger partial charge in [-0.25, -0.2) is 0 Å². The number of aryl methyl sites for hydroxylation is 2. The lowest BCUT2D eigenvalue weighted by atomic mass is 10.3. The van der Waals surface area contributed by atoms with Gasteiger partial charge in [-0.3, -0.25) is 9.36 Å². The highest BCUT2D eigenvalue weighted by Gasteiger charge is 2.34. The summed E-state index contributed by atoms with van der Waals surface area (Å²) in [5.41, 5.74) is 1.28. The number of aromatic nitrogens is 4. The molecule has 2 heterocycles. The van der Waals surface area contributed by atoms with E-state index in [-0.39, 0.29) is 19.0 Å². The highest BCUT2D eigenvalue weighted by Crippen LogP contribution is 2.28. The second kappa shape index (κ2) is 5.74. The molecule has 0 fully saturated rings. The molecule has 5 nitrogen and oxygen atoms in total. The highest BCUT2D eigenvalue weighted by atomic mass is 35.5. The Balaban J connectivity index is 0.00000200. The molecule has 0 radical (unpaired) electrons. The van der Waals surface area contributed by atoms with Crippen molar-refractivity contribution in [3.63, 3.8) is 0 Å². The third kappa shape index (κ3) is 3.24. The maximum absolute atomic E-state index is 12.5. The Kier molecular flexibility index (Phi) is 4.69. The minimum Gasteiger partial charge on any atom is -0.377 e. The molecule has 112 valence electrons. The predicted molar refractivity (Wildman–Crippen MR) is 70.7 cm³/mol. The van der Waals surface area contributed by atoms with Crippen LogP contribution in [0.4, 0.5) is 18.9 Å². The first kappa shape index (κ1) is 16.4. The molecule has 0 spiro atoms. The number of alkyl halides is 3. The average molecular weight is 310 g/mol. The van der Waals surface area contributed by atoms with E-state index in [9.17, 15) is 13.2 Å². The number of anilines is 1. The van der Waals surface area contributed by atoms with Crippen LogP contribution in [-0.4, -0.2) is 19.6 Å². The summed E-state index contributed by atoms with van der Waals surface area (Å²) in [5, 5.41) is 10.5. The van der Waals surface area contributed by atoms with Crippen LogP contribution >= 0.6 is 12.4 Å². The Morgan fingerprint density at radius 2 is 1.90 bits per heavy atom. The number of hydrogen-bond acceptors (Lipinski definition) is 3. The van der Waals surface area contributed by atoms with Gasteiger partial charge in [0, 0.05) is 14.1 Å². The van der Waals surface area contributed by atoms with E-state index in [1.54, 1.807) is 17.9 Å². The fourth-order valence-electron chi connectivity index (χ4n) is 1.67. The summed E-state index contributed by atoms with van der Waals surface area (Å²) in [6, 6.07) is 1.04. The Hall–Kier alpha value is -1.70. The van der Waals surface area contributed by atoms with E-state index in [0.717, 1.165) is 17.4 Å². The lowest BCUT2D eigenvalue weighted by Gasteiger charge is -2.05. The van der Waals surface area contributed by atoms with Crippen molar-refractivity contribution < 1.29 is 13.2 Å². The second-order valence-electron chi connectivity index (χ2n) is 4.26. The van der Waals surface area contributed by atoms with Crippen molar-refractivity contribution in [2.75, 3.05) is 5.32 Å². The molecule has 0 aliphatic carbocycles. The normalized spacial score (nSPS) is 11.3. The smallest absolute Gasteiger partial charge is 0.377 e. The van der Waals surface area contributed by atoms with Crippen molar-refractivity contribution in [3.05, 3.63) is 29.3 Å². The largest absolute Gasteiger partial charge is 0.435 e. The van der Waals surface area contributed by atoms with E-state index in [1.807, 2.05) is 6.92 Å². The molecular formula is C11H15ClF3N5. The van der Waals surface area contributed by atoms with Gasteiger partial charge in [-0.2, -0.15) is 23.4 Å². The first-order valence-electron chi connectivity index (χ1n) is 5.61. The summed E-state index contributed by atoms with van der Waals surface area (Å²) < 4.78 is 40.4. The molecule has 0 amide bonds. The molecule has 2 rings (SSSR count). The van der Waals surface area contributed by atoms with Crippen LogP contribution in [0.25, 0.3) is 0 Å². The molecule has 1 N–H and O–H groups in total. The summed E-state index contributed by atoms with van der Waals surface area (Å²) in [6.45, 7) is 2.13. The molecule has 20 heavy (non-hydrogen) atoms. The molecule has 0 saturated heterocycles. The Morgan fingerprint density at radius 1 is 1.25 bits per heavy atom. The highest BCUT2D eigenvalue weighted by molar-refractivity contribution is 5.85. The van der Waals surface area contributed by atoms with Gasteiger partial charge in [0.25, 0.3) is 0 Å². The predicted octanol–water partition coefficient (Wildman–Crippen LogP) is 2.51. The first-order valence-corrected chi connectivity index (χ1v) is 5.61. The van der Waals surface area contributed by atoms with Crippen molar-refractivity contribution in [3.8, 4) is 0 Å². The maximum atomic E-state index is 12.5. The zero-order valence-electron chi connectivity index (χ0n) is 11.2. The van der Waals surface area contributed by atoms with Crippen LogP contribution < -0.4 is 5.32 Å². The summed E-state index contributed by atoms with van der Waals surface area (Å²) >= 11 is 0. The minimum atomic E-state index is -4.42. The maximum Gasteiger partial charge on any atom is 0.435 e. The minimum absolute atomic E-state index is 0. The van der Waals surface area contributed by atoms with Gasteiger partial charge in [0.1, 0.15) is 0 Å². The first-order chi connectivity index (χ1) is 8.79. The van der Waals surface area contributed by atoms with Crippen molar-refractivity contribution in [2.24, 2.45) is 14.1 Å². The van der Waals surface area contributed by atoms with Gasteiger partial charge in [-0.15, -0.1) is 12.4 Å². The van der Waals surface area contributed by atoms with E-state index < -0.39 is 11.9 Å². The number of nitrogens with one attached hydrogen (secondary N) is 1. The lowest BCUT2D eigenvalue weighted by Crippen LogP contribution is -2.07. The van der Waals surface area contributed by atoms with Crippen LogP contribution in [0.5, 0.6) is 0 Å². The number of hydrogen-bond donors (Lipinski definition) is 1. The van der Waals surface area contributed by atoms with Gasteiger partial charge in [0.2, 0.25) is 0 Å². The van der Waals surface area contributed by atoms with Crippen LogP contribution in [0, 0.1) is 6.92 Å². The molecule has 0 unspecified atom stereocenters. The van der Waals surface area contributed by atoms with E-state index >= 15 is 0 Å². The topological polar surface area (TPSA) is 47.7 Å². The number of halogens is 4. The van der Waals surface area contributed by atoms with Gasteiger partial charge in [0.15, 0.2) is 5.69 Å². The van der Waals surface area contributed by atoms with E-state index in [1.165, 1.54) is 11.7 Å². The van der Waals surface area contributed by atoms with Crippen LogP contribution in [0.15, 0.2) is 12.3 Å². The number of rotatable bonds is 3. The van der Waals surface area contributed by atoms with Crippen molar-refractivity contribution in [1.82, 2.24) is 19.6 Å². The van der Waals surface area contributed by atoms with E-state index in [2.05, 4.69) is 15.5 Å². The van der Waals surface area contributed by atoms with Crippen molar-refractivity contribution >= 4 is 18.1 Å². The number of nitrogens with zero attached hydrogens (tertiary/aromatic N) is 4. The molecule has 0 aliphatic rings. The Morgan fingerprint density at radius 3 is 2.35 bits per heavy atom. The molecule has 2 aromatic rings. The van der Waals surface area contributed by atoms with Gasteiger partial charge >= 0.3 is 6.18 Å². The van der Waals surface area contributed by atoms with E-state index in [4.69, 9.17) is 0 Å². The zero-order chi connectivity index (χ0) is 14.2. The molecule has 0 saturated carbocycles. The molecule has 9 heteroatoms. The molecule has 0 atom stereocenters. The van der Waals surface area contributed by atoms with E-state index in [0.29, 0.717) is 5.69 Å². The fraction of sp³-hybridized carbons (Fsp3) is 0.455. The van der Waals surface area contributed by atoms with Gasteiger partial charge in [0.05, 0.1) is 29.8 Å². The fourth-order valence-corrected chi connectivity index (χ4v) is 1.67. The molecule has 2 aromatic heterocycles. The second-order valence-corrected chi connectivity index (χ2v) is 4.26. The average Bonchev–Trinajstić information content (AvgIpc) is 2.82. The summed E-state index contributed by atoms with van der Waals surface area (Å²) in [6.07, 6.45) is -2.78. The molecule has 0 aromatic carbocycles. The van der Waals surface area contributed by atoms with Crippen LogP contribution in [-0.2, 0) is 26.8 Å². The summed E-state index contributed by atoms with van der Waals surface area (Å²) in [7, 11) is 3.29. The third-order valence-corrected chi connectivity index (χ3v) is 2.96. The van der Waals surface area contributed by atoms with Crippen molar-refractivity contribution in [2.45, 2.75) is 19.6 Å². The van der Waals surface area contributed by atoms with Gasteiger partial charge < -0.3 is 5.32 Å². The van der Waals surface area contributed by atoms with Crippen LogP contribution in [0.3, 0.4) is 0 Å². The van der Waals surface area contributed by atoms with Crippen LogP contribution in [0.2, 0.25) is 0 Å². The molecule has 0 aliphatic heterocycles. The zero-order valence-corrected chi connectivity index (χ0v) is 12.0. The van der Waals surface area contributed by atoms with Crippen molar-refractivity contribution in [1.29, 1.82) is 0 Å². The summed E-state index contributed by atoms with van der Waals surface area (Å²) in [4.78, 5) is 0. The molecule has 0 bridgehead atoms. The summed E-state index contributed by atoms with van der Waals surface area (Å²) in [5.74, 6) is 0. The standard InChI is InChI=1S/C11H14F3N5.ClH/c1-7-9(6-16-18(7)2)15-5-8-4-10(11(12,13)14)17-19(8)3;/h4,6,15H,5H2,1-3H3;1H. The quantitative estimate of drug-likeness (QED) is 0.947. The monoisotopic (exact) mass is 309 g/mol. The Labute approximate surface area is 120 Å². The molecular weight excluding hydrogens is 295 g/mol. The van der Waals surface area contributed by atoms with Gasteiger partial charge in [-0.05, 0) is 13.0 Å². The third-order valence-electron chi connectivity index (χ3n) is 2.96. The Bertz CT molecular complexity index is 587. The lowest BCUT2D eigenvalue weighted by molar-refractivity contribution is -0.141. The van der Waals surface area contributed by atoms with Gasteiger partial charge in [-0.1, -0.05) is 0 Å². The SMILES string of the molecule is Cc1c(NCc2cc(C(F)(F)F)nn2C)cnn1C.Cl.